The monoisotopic (exact) mass is 233 g/mol. The summed E-state index contributed by atoms with van der Waals surface area (Å²) in [7, 11) is 0. The van der Waals surface area contributed by atoms with Crippen LogP contribution in [0, 0.1) is 17.1 Å². The maximum Gasteiger partial charge on any atom is 0.129 e. The van der Waals surface area contributed by atoms with Gasteiger partial charge in [-0.15, -0.1) is 0 Å². The molecular formula is C13H16FN3. The molecule has 0 aliphatic carbocycles. The van der Waals surface area contributed by atoms with E-state index in [2.05, 4.69) is 11.4 Å². The first-order chi connectivity index (χ1) is 8.33. The van der Waals surface area contributed by atoms with Crippen LogP contribution in [-0.4, -0.2) is 31.1 Å². The van der Waals surface area contributed by atoms with Gasteiger partial charge in [0, 0.05) is 25.2 Å². The molecule has 0 aromatic heterocycles. The van der Waals surface area contributed by atoms with Crippen molar-refractivity contribution in [3.8, 4) is 6.07 Å². The number of halogens is 1. The van der Waals surface area contributed by atoms with Gasteiger partial charge in [0.05, 0.1) is 6.07 Å². The second-order valence-electron chi connectivity index (χ2n) is 4.19. The van der Waals surface area contributed by atoms with Crippen LogP contribution in [0.1, 0.15) is 18.0 Å². The Bertz CT molecular complexity index is 405. The number of hydrogen-bond acceptors (Lipinski definition) is 3. The predicted molar refractivity (Wildman–Crippen MR) is 63.8 cm³/mol. The zero-order chi connectivity index (χ0) is 12.1. The summed E-state index contributed by atoms with van der Waals surface area (Å²) in [5.41, 5.74) is 0.483. The number of rotatable bonds is 2. The average Bonchev–Trinajstić information content (AvgIpc) is 2.62. The van der Waals surface area contributed by atoms with Crippen molar-refractivity contribution in [3.63, 3.8) is 0 Å². The first-order valence-electron chi connectivity index (χ1n) is 5.92. The molecule has 1 aromatic rings. The van der Waals surface area contributed by atoms with E-state index in [1.165, 1.54) is 6.07 Å². The molecule has 1 heterocycles. The zero-order valence-electron chi connectivity index (χ0n) is 9.69. The molecule has 1 aromatic carbocycles. The van der Waals surface area contributed by atoms with Gasteiger partial charge >= 0.3 is 0 Å². The summed E-state index contributed by atoms with van der Waals surface area (Å²) in [4.78, 5) is 2.04. The third-order valence-electron chi connectivity index (χ3n) is 3.06. The minimum absolute atomic E-state index is 0.295. The Morgan fingerprint density at radius 3 is 2.88 bits per heavy atom. The Hall–Kier alpha value is -1.44. The SMILES string of the molecule is N#CC(c1ccccc1F)N1CCCNCC1. The third kappa shape index (κ3) is 2.82. The van der Waals surface area contributed by atoms with Crippen molar-refractivity contribution in [2.24, 2.45) is 0 Å². The van der Waals surface area contributed by atoms with Gasteiger partial charge in [0.25, 0.3) is 0 Å². The molecule has 1 N–H and O–H groups in total. The van der Waals surface area contributed by atoms with Crippen LogP contribution in [-0.2, 0) is 0 Å². The van der Waals surface area contributed by atoms with E-state index >= 15 is 0 Å². The highest BCUT2D eigenvalue weighted by Gasteiger charge is 2.23. The van der Waals surface area contributed by atoms with E-state index in [9.17, 15) is 9.65 Å². The van der Waals surface area contributed by atoms with Gasteiger partial charge in [-0.3, -0.25) is 4.90 Å². The Morgan fingerprint density at radius 2 is 2.12 bits per heavy atom. The van der Waals surface area contributed by atoms with E-state index in [4.69, 9.17) is 0 Å². The van der Waals surface area contributed by atoms with Gasteiger partial charge in [-0.2, -0.15) is 5.26 Å². The topological polar surface area (TPSA) is 39.1 Å². The maximum atomic E-state index is 13.7. The van der Waals surface area contributed by atoms with E-state index in [0.717, 1.165) is 32.6 Å². The largest absolute Gasteiger partial charge is 0.315 e. The Kier molecular flexibility index (Phi) is 4.08. The fraction of sp³-hybridized carbons (Fsp3) is 0.462. The molecular weight excluding hydrogens is 217 g/mol. The van der Waals surface area contributed by atoms with Crippen LogP contribution < -0.4 is 5.32 Å². The Morgan fingerprint density at radius 1 is 1.29 bits per heavy atom. The first-order valence-corrected chi connectivity index (χ1v) is 5.92. The van der Waals surface area contributed by atoms with Crippen molar-refractivity contribution in [2.45, 2.75) is 12.5 Å². The molecule has 1 fully saturated rings. The van der Waals surface area contributed by atoms with Crippen molar-refractivity contribution >= 4 is 0 Å². The van der Waals surface area contributed by atoms with Gasteiger partial charge in [-0.1, -0.05) is 18.2 Å². The van der Waals surface area contributed by atoms with Crippen molar-refractivity contribution in [1.82, 2.24) is 10.2 Å². The van der Waals surface area contributed by atoms with Crippen LogP contribution in [0.3, 0.4) is 0 Å². The highest BCUT2D eigenvalue weighted by Crippen LogP contribution is 2.23. The lowest BCUT2D eigenvalue weighted by molar-refractivity contribution is 0.248. The van der Waals surface area contributed by atoms with Crippen LogP contribution in [0.4, 0.5) is 4.39 Å². The van der Waals surface area contributed by atoms with Crippen LogP contribution in [0.25, 0.3) is 0 Å². The maximum absolute atomic E-state index is 13.7. The minimum atomic E-state index is -0.476. The van der Waals surface area contributed by atoms with E-state index in [1.54, 1.807) is 18.2 Å². The van der Waals surface area contributed by atoms with Crippen molar-refractivity contribution < 1.29 is 4.39 Å². The van der Waals surface area contributed by atoms with E-state index in [0.29, 0.717) is 5.56 Å². The quantitative estimate of drug-likeness (QED) is 0.844. The number of nitrogens with zero attached hydrogens (tertiary/aromatic N) is 2. The molecule has 0 saturated carbocycles. The lowest BCUT2D eigenvalue weighted by Crippen LogP contribution is -2.32. The van der Waals surface area contributed by atoms with Gasteiger partial charge < -0.3 is 5.32 Å². The lowest BCUT2D eigenvalue weighted by atomic mass is 10.1. The minimum Gasteiger partial charge on any atom is -0.315 e. The summed E-state index contributed by atoms with van der Waals surface area (Å²) in [6.45, 7) is 3.44. The highest BCUT2D eigenvalue weighted by molar-refractivity contribution is 5.26. The van der Waals surface area contributed by atoms with Crippen LogP contribution in [0.15, 0.2) is 24.3 Å². The van der Waals surface area contributed by atoms with Crippen molar-refractivity contribution in [1.29, 1.82) is 5.26 Å². The molecule has 2 rings (SSSR count). The van der Waals surface area contributed by atoms with E-state index in [-0.39, 0.29) is 5.82 Å². The van der Waals surface area contributed by atoms with Gasteiger partial charge in [0.1, 0.15) is 11.9 Å². The molecule has 1 atom stereocenters. The van der Waals surface area contributed by atoms with E-state index < -0.39 is 6.04 Å². The number of hydrogen-bond donors (Lipinski definition) is 1. The Balaban J connectivity index is 2.21. The first kappa shape index (κ1) is 12.0. The fourth-order valence-electron chi connectivity index (χ4n) is 2.17. The summed E-state index contributed by atoms with van der Waals surface area (Å²) in [5.74, 6) is -0.295. The van der Waals surface area contributed by atoms with Crippen LogP contribution in [0.5, 0.6) is 0 Å². The molecule has 0 radical (unpaired) electrons. The van der Waals surface area contributed by atoms with E-state index in [1.807, 2.05) is 4.90 Å². The molecule has 3 nitrogen and oxygen atoms in total. The van der Waals surface area contributed by atoms with Crippen molar-refractivity contribution in [3.05, 3.63) is 35.6 Å². The predicted octanol–water partition coefficient (Wildman–Crippen LogP) is 1.69. The fourth-order valence-corrected chi connectivity index (χ4v) is 2.17. The van der Waals surface area contributed by atoms with Crippen LogP contribution >= 0.6 is 0 Å². The summed E-state index contributed by atoms with van der Waals surface area (Å²) >= 11 is 0. The summed E-state index contributed by atoms with van der Waals surface area (Å²) in [5, 5.41) is 12.5. The lowest BCUT2D eigenvalue weighted by Gasteiger charge is -2.25. The molecule has 1 saturated heterocycles. The summed E-state index contributed by atoms with van der Waals surface area (Å²) < 4.78 is 13.7. The summed E-state index contributed by atoms with van der Waals surface area (Å²) in [6, 6.07) is 8.27. The smallest absolute Gasteiger partial charge is 0.129 e. The van der Waals surface area contributed by atoms with Gasteiger partial charge in [-0.25, -0.2) is 4.39 Å². The molecule has 0 amide bonds. The average molecular weight is 233 g/mol. The molecule has 4 heteroatoms. The summed E-state index contributed by atoms with van der Waals surface area (Å²) in [6.07, 6.45) is 0.993. The van der Waals surface area contributed by atoms with Crippen molar-refractivity contribution in [2.75, 3.05) is 26.2 Å². The second kappa shape index (κ2) is 5.76. The number of benzene rings is 1. The molecule has 17 heavy (non-hydrogen) atoms. The van der Waals surface area contributed by atoms with Crippen LogP contribution in [0.2, 0.25) is 0 Å². The second-order valence-corrected chi connectivity index (χ2v) is 4.19. The standard InChI is InChI=1S/C13H16FN3/c14-12-5-2-1-4-11(12)13(10-15)17-8-3-6-16-7-9-17/h1-2,4-5,13,16H,3,6-9H2. The highest BCUT2D eigenvalue weighted by atomic mass is 19.1. The molecule has 0 spiro atoms. The normalized spacial score (nSPS) is 19.3. The zero-order valence-corrected chi connectivity index (χ0v) is 9.69. The number of nitrogens with one attached hydrogen (secondary N) is 1. The molecule has 0 bridgehead atoms. The van der Waals surface area contributed by atoms with Gasteiger partial charge in [-0.05, 0) is 19.0 Å². The third-order valence-corrected chi connectivity index (χ3v) is 3.06. The molecule has 1 aliphatic rings. The Labute approximate surface area is 101 Å². The molecule has 1 aliphatic heterocycles. The van der Waals surface area contributed by atoms with Gasteiger partial charge in [0.15, 0.2) is 0 Å². The molecule has 1 unspecified atom stereocenters. The van der Waals surface area contributed by atoms with Gasteiger partial charge in [0.2, 0.25) is 0 Å². The molecule has 90 valence electrons. The number of nitriles is 1.